The minimum Gasteiger partial charge on any atom is -0.507 e. The number of aliphatic hydroxyl groups excluding tert-OH is 12. The van der Waals surface area contributed by atoms with Gasteiger partial charge in [-0.25, -0.2) is 0 Å². The van der Waals surface area contributed by atoms with Crippen LogP contribution in [0.25, 0.3) is 0 Å². The molecule has 0 aliphatic heterocycles. The second-order valence-corrected chi connectivity index (χ2v) is 39.8. The summed E-state index contributed by atoms with van der Waals surface area (Å²) in [4.78, 5) is 0. The van der Waals surface area contributed by atoms with Crippen LogP contribution in [0.2, 0.25) is 0 Å². The first kappa shape index (κ1) is 108. The highest BCUT2D eigenvalue weighted by Gasteiger charge is 2.45. The van der Waals surface area contributed by atoms with Gasteiger partial charge in [0, 0.05) is 177 Å². The Labute approximate surface area is 859 Å². The molecule has 0 aromatic heterocycles. The second kappa shape index (κ2) is 43.5. The van der Waals surface area contributed by atoms with E-state index in [4.69, 9.17) is 0 Å². The summed E-state index contributed by atoms with van der Waals surface area (Å²) in [6, 6.07) is 16.3. The summed E-state index contributed by atoms with van der Waals surface area (Å²) >= 11 is 0. The molecular weight excluding hydrogens is 1950 g/mol. The number of fused-ring (bicyclic) bond motifs is 18. The van der Waals surface area contributed by atoms with E-state index < -0.39 is 413 Å². The zero-order valence-corrected chi connectivity index (χ0v) is 82.4. The van der Waals surface area contributed by atoms with Gasteiger partial charge < -0.3 is 184 Å². The zero-order valence-electron chi connectivity index (χ0n) is 82.4. The third-order valence-corrected chi connectivity index (χ3v) is 32.2. The van der Waals surface area contributed by atoms with Crippen molar-refractivity contribution in [2.75, 3.05) is 0 Å². The molecule has 12 aromatic rings. The van der Waals surface area contributed by atoms with Gasteiger partial charge in [0.05, 0.1) is 146 Å². The fourth-order valence-corrected chi connectivity index (χ4v) is 24.3. The van der Waals surface area contributed by atoms with E-state index >= 15 is 0 Å². The molecule has 24 bridgehead atoms. The Balaban J connectivity index is 1.05. The van der Waals surface area contributed by atoms with Crippen LogP contribution in [-0.4, -0.2) is 184 Å². The Bertz CT molecular complexity index is 7220. The van der Waals surface area contributed by atoms with Crippen LogP contribution in [-0.2, 0) is 85.7 Å². The lowest BCUT2D eigenvalue weighted by molar-refractivity contribution is 0.265. The first-order chi connectivity index (χ1) is 71.8. The van der Waals surface area contributed by atoms with Gasteiger partial charge >= 0.3 is 0 Å². The summed E-state index contributed by atoms with van der Waals surface area (Å²) < 4.78 is 0. The topological polar surface area (TPSA) is 728 Å². The number of rotatable bonds is 20. The van der Waals surface area contributed by atoms with Crippen LogP contribution in [0.5, 0.6) is 138 Å². The van der Waals surface area contributed by atoms with Gasteiger partial charge in [-0.1, -0.05) is 58.4 Å². The van der Waals surface area contributed by atoms with Gasteiger partial charge in [-0.3, -0.25) is 0 Å². The van der Waals surface area contributed by atoms with Crippen LogP contribution in [0, 0.1) is 6.92 Å². The number of aryl methyl sites for hydroxylation is 1. The summed E-state index contributed by atoms with van der Waals surface area (Å²) in [5.41, 5.74) is -12.6. The van der Waals surface area contributed by atoms with Crippen molar-refractivity contribution in [2.45, 2.75) is 268 Å². The van der Waals surface area contributed by atoms with Gasteiger partial charge in [0.1, 0.15) is 138 Å². The second-order valence-electron chi connectivity index (χ2n) is 39.8. The van der Waals surface area contributed by atoms with Crippen molar-refractivity contribution in [3.05, 3.63) is 274 Å². The Morgan fingerprint density at radius 2 is 0.340 bits per heavy atom. The number of aliphatic hydroxyl groups is 12. The van der Waals surface area contributed by atoms with Gasteiger partial charge in [-0.15, -0.1) is 0 Å². The number of hydrogen-bond acceptors (Lipinski definition) is 36. The molecule has 10 unspecified atom stereocenters. The van der Waals surface area contributed by atoms with Gasteiger partial charge in [0.2, 0.25) is 0 Å². The van der Waals surface area contributed by atoms with Crippen molar-refractivity contribution in [1.82, 2.24) is 0 Å². The fraction of sp³-hybridized carbons (Fsp3) is 0.368. The number of benzene rings is 12. The van der Waals surface area contributed by atoms with Crippen molar-refractivity contribution in [3.8, 4) is 138 Å². The molecule has 0 amide bonds. The lowest BCUT2D eigenvalue weighted by Crippen LogP contribution is -2.16. The van der Waals surface area contributed by atoms with Crippen LogP contribution < -0.4 is 0 Å². The quantitative estimate of drug-likeness (QED) is 0.0337. The lowest BCUT2D eigenvalue weighted by atomic mass is 9.72. The standard InChI is InChI=1S/C114H126O36/c1-4-10-49-61-25-65(101(137)82(37-118)97(61)133)51(59-20-21-91(127)79(34-115)95(59)131)12-6-14-53-69-29-71(107(143)86(41-122)105(69)141)54(67-27-63(49)99(135)84(39-120)103(67)139)16-8-19-58-76-32-74(110(146)89(44-125)112(76)148)56-15-7-13-52(60-24-48(94(130)81(36-117)96(60)132)23-47-22-46(3)92(128)80(35-116)93(47)129)66-26-62(98(134)83(38-119)102(66)138)50(11-5-2)64-28-68(104(140)85(40-121)100(64)136)55(72-31-73(56)109(145)88(43-124)108(72)144)17-9-18-57(75-30-70(53)106(142)87(42-123)111(75)147)77-33-78(58)114(150)90(45-126)113(77)149/h20-22,24-33,49-58,115-150H,4-19,23,34-45H2,1-3H3. The normalized spacial score (nSPS) is 18.9. The van der Waals surface area contributed by atoms with E-state index in [1.807, 2.05) is 0 Å². The highest BCUT2D eigenvalue weighted by Crippen LogP contribution is 2.63. The van der Waals surface area contributed by atoms with Gasteiger partial charge in [0.15, 0.2) is 0 Å². The first-order valence-corrected chi connectivity index (χ1v) is 49.9. The predicted molar refractivity (Wildman–Crippen MR) is 540 cm³/mol. The summed E-state index contributed by atoms with van der Waals surface area (Å²) in [5.74, 6) is -35.6. The van der Waals surface area contributed by atoms with E-state index in [-0.39, 0.29) is 167 Å². The minimum atomic E-state index is -1.76. The average molecular weight is 2070 g/mol. The van der Waals surface area contributed by atoms with Gasteiger partial charge in [-0.2, -0.15) is 0 Å². The summed E-state index contributed by atoms with van der Waals surface area (Å²) in [5, 5.41) is 450. The molecule has 0 heterocycles. The van der Waals surface area contributed by atoms with Crippen LogP contribution in [0.1, 0.15) is 370 Å². The molecule has 798 valence electrons. The van der Waals surface area contributed by atoms with Crippen molar-refractivity contribution in [2.24, 2.45) is 0 Å². The molecule has 36 N–H and O–H groups in total. The summed E-state index contributed by atoms with van der Waals surface area (Å²) in [6.45, 7) is -9.15. The Kier molecular flexibility index (Phi) is 31.3. The Morgan fingerprint density at radius 3 is 0.540 bits per heavy atom. The molecule has 10 atom stereocenters. The predicted octanol–water partition coefficient (Wildman–Crippen LogP) is 14.1. The summed E-state index contributed by atoms with van der Waals surface area (Å²) in [7, 11) is 0. The van der Waals surface area contributed by atoms with Crippen LogP contribution in [0.3, 0.4) is 0 Å². The molecule has 0 fully saturated rings. The van der Waals surface area contributed by atoms with Gasteiger partial charge in [0.25, 0.3) is 0 Å². The van der Waals surface area contributed by atoms with Crippen LogP contribution >= 0.6 is 0 Å². The van der Waals surface area contributed by atoms with Crippen molar-refractivity contribution >= 4 is 0 Å². The molecule has 36 heteroatoms. The first-order valence-electron chi connectivity index (χ1n) is 49.9. The van der Waals surface area contributed by atoms with E-state index in [1.54, 1.807) is 13.8 Å². The SMILES string of the molecule is CCCC1c2cc(c(O)c(CO)c2O)C(c2ccc(O)c(CO)c2O)CCCC2c3cc(c(O)c(CO)c3O)C(CCCC3c4cc(c(O)c(CO)c4O)C4CCCC(c5cc(Cc6cc(C)c(O)c(CO)c6O)c(O)c(CO)c5O)c5cc(c(O)c(CO)c5O)C(CCC)c5cc(c(O)c(CO)c5O)C(CCCC(c5cc2c(O)c(CO)c5O)c2cc3c(O)c(CO)c2O)c2cc4c(O)c(CO)c2O)c2cc1c(O)c(CO)c2O. The number of aromatic hydroxyl groups is 24. The molecule has 16 rings (SSSR count). The fourth-order valence-electron chi connectivity index (χ4n) is 24.3. The van der Waals surface area contributed by atoms with Crippen LogP contribution in [0.15, 0.2) is 78.9 Å². The van der Waals surface area contributed by atoms with E-state index in [1.165, 1.54) is 79.7 Å². The van der Waals surface area contributed by atoms with Crippen molar-refractivity contribution < 1.29 is 184 Å². The molecular formula is C114H126O36. The molecule has 36 nitrogen and oxygen atoms in total. The highest BCUT2D eigenvalue weighted by atomic mass is 16.3. The summed E-state index contributed by atoms with van der Waals surface area (Å²) in [6.07, 6.45) is -5.55. The maximum Gasteiger partial charge on any atom is 0.128 e. The molecule has 0 saturated heterocycles. The molecule has 4 aliphatic rings. The smallest absolute Gasteiger partial charge is 0.128 e. The minimum absolute atomic E-state index is 0.0226. The molecule has 12 aromatic carbocycles. The van der Waals surface area contributed by atoms with E-state index in [9.17, 15) is 184 Å². The largest absolute Gasteiger partial charge is 0.507 e. The molecule has 0 radical (unpaired) electrons. The van der Waals surface area contributed by atoms with E-state index in [0.717, 1.165) is 6.07 Å². The zero-order chi connectivity index (χ0) is 109. The maximum absolute atomic E-state index is 13.6. The Hall–Kier alpha value is -14.6. The van der Waals surface area contributed by atoms with Crippen LogP contribution in [0.4, 0.5) is 0 Å². The van der Waals surface area contributed by atoms with Crippen molar-refractivity contribution in [3.63, 3.8) is 0 Å². The lowest BCUT2D eigenvalue weighted by Gasteiger charge is -2.33. The van der Waals surface area contributed by atoms with E-state index in [0.29, 0.717) is 0 Å². The highest BCUT2D eigenvalue weighted by molar-refractivity contribution is 5.74. The molecule has 0 saturated carbocycles. The average Bonchev–Trinajstić information content (AvgIpc) is 0.733. The Morgan fingerprint density at radius 1 is 0.180 bits per heavy atom. The molecule has 4 aliphatic carbocycles. The third-order valence-electron chi connectivity index (χ3n) is 32.2. The third kappa shape index (κ3) is 18.0. The van der Waals surface area contributed by atoms with E-state index in [2.05, 4.69) is 0 Å². The number of hydrogen-bond donors (Lipinski definition) is 36. The van der Waals surface area contributed by atoms with Gasteiger partial charge in [-0.05, 0) is 161 Å². The maximum atomic E-state index is 13.6. The molecule has 150 heavy (non-hydrogen) atoms. The van der Waals surface area contributed by atoms with Crippen molar-refractivity contribution in [1.29, 1.82) is 0 Å². The monoisotopic (exact) mass is 2070 g/mol. The molecule has 0 spiro atoms. The number of phenols is 24.